The van der Waals surface area contributed by atoms with Crippen molar-refractivity contribution in [2.75, 3.05) is 0 Å². The average Bonchev–Trinajstić information content (AvgIpc) is 3.14. The number of amides is 1. The highest BCUT2D eigenvalue weighted by molar-refractivity contribution is 5.79. The van der Waals surface area contributed by atoms with Crippen molar-refractivity contribution in [2.24, 2.45) is 5.92 Å². The summed E-state index contributed by atoms with van der Waals surface area (Å²) < 4.78 is 1.99. The number of nitrogens with zero attached hydrogens (tertiary/aromatic N) is 3. The summed E-state index contributed by atoms with van der Waals surface area (Å²) in [6.45, 7) is 0.600. The first-order chi connectivity index (χ1) is 15.8. The van der Waals surface area contributed by atoms with E-state index >= 15 is 0 Å². The molecule has 2 aliphatic carbocycles. The first-order valence-corrected chi connectivity index (χ1v) is 12.3. The van der Waals surface area contributed by atoms with Crippen molar-refractivity contribution >= 4 is 5.91 Å². The lowest BCUT2D eigenvalue weighted by atomic mass is 9.85. The molecule has 1 amide bonds. The van der Waals surface area contributed by atoms with Crippen LogP contribution in [0.3, 0.4) is 0 Å². The Morgan fingerprint density at radius 1 is 0.875 bits per heavy atom. The topological polar surface area (TPSA) is 38.1 Å². The quantitative estimate of drug-likeness (QED) is 0.452. The molecule has 3 aromatic rings. The summed E-state index contributed by atoms with van der Waals surface area (Å²) >= 11 is 0. The number of fused-ring (bicyclic) bond motifs is 1. The smallest absolute Gasteiger partial charge is 0.226 e. The summed E-state index contributed by atoms with van der Waals surface area (Å²) in [6.07, 6.45) is 12.1. The predicted octanol–water partition coefficient (Wildman–Crippen LogP) is 6.25. The molecule has 0 N–H and O–H groups in total. The Hall–Kier alpha value is -2.88. The molecule has 0 unspecified atom stereocenters. The van der Waals surface area contributed by atoms with Crippen molar-refractivity contribution in [3.05, 3.63) is 83.7 Å². The number of rotatable bonds is 5. The van der Waals surface area contributed by atoms with E-state index in [2.05, 4.69) is 52.5 Å². The van der Waals surface area contributed by atoms with Gasteiger partial charge in [-0.1, -0.05) is 68.1 Å². The lowest BCUT2D eigenvalue weighted by Crippen LogP contribution is -2.40. The summed E-state index contributed by atoms with van der Waals surface area (Å²) in [5.74, 6) is 0.495. The third-order valence-corrected chi connectivity index (χ3v) is 7.26. The van der Waals surface area contributed by atoms with E-state index < -0.39 is 0 Å². The van der Waals surface area contributed by atoms with Gasteiger partial charge in [-0.2, -0.15) is 5.10 Å². The number of aromatic nitrogens is 2. The molecule has 1 atom stereocenters. The van der Waals surface area contributed by atoms with E-state index in [0.29, 0.717) is 12.5 Å². The highest BCUT2D eigenvalue weighted by atomic mass is 16.2. The summed E-state index contributed by atoms with van der Waals surface area (Å²) in [5.41, 5.74) is 4.85. The van der Waals surface area contributed by atoms with Gasteiger partial charge in [0.1, 0.15) is 0 Å². The summed E-state index contributed by atoms with van der Waals surface area (Å²) in [4.78, 5) is 16.2. The van der Waals surface area contributed by atoms with E-state index in [9.17, 15) is 4.79 Å². The molecule has 4 nitrogen and oxygen atoms in total. The Morgan fingerprint density at radius 3 is 2.44 bits per heavy atom. The van der Waals surface area contributed by atoms with Gasteiger partial charge < -0.3 is 4.90 Å². The van der Waals surface area contributed by atoms with Crippen molar-refractivity contribution < 1.29 is 4.79 Å². The minimum absolute atomic E-state index is 0.148. The van der Waals surface area contributed by atoms with Gasteiger partial charge in [0, 0.05) is 12.1 Å². The molecule has 4 heteroatoms. The van der Waals surface area contributed by atoms with Gasteiger partial charge in [-0.05, 0) is 61.4 Å². The van der Waals surface area contributed by atoms with Crippen molar-refractivity contribution in [1.82, 2.24) is 14.7 Å². The van der Waals surface area contributed by atoms with Crippen LogP contribution in [-0.4, -0.2) is 20.6 Å². The van der Waals surface area contributed by atoms with E-state index in [-0.39, 0.29) is 12.0 Å². The Balaban J connectivity index is 1.50. The van der Waals surface area contributed by atoms with Gasteiger partial charge in [-0.3, -0.25) is 4.79 Å². The van der Waals surface area contributed by atoms with Gasteiger partial charge in [-0.25, -0.2) is 4.68 Å². The van der Waals surface area contributed by atoms with Gasteiger partial charge in [0.25, 0.3) is 0 Å². The van der Waals surface area contributed by atoms with E-state index in [1.807, 2.05) is 29.1 Å². The number of benzene rings is 2. The molecular weight excluding hydrogens is 394 g/mol. The Labute approximate surface area is 191 Å². The number of para-hydroxylation sites is 1. The van der Waals surface area contributed by atoms with E-state index in [1.54, 1.807) is 0 Å². The maximum absolute atomic E-state index is 14.0. The van der Waals surface area contributed by atoms with Crippen LogP contribution in [0, 0.1) is 5.92 Å². The molecule has 0 spiro atoms. The largest absolute Gasteiger partial charge is 0.330 e. The number of aryl methyl sites for hydroxylation is 1. The monoisotopic (exact) mass is 427 g/mol. The molecule has 5 rings (SSSR count). The van der Waals surface area contributed by atoms with Gasteiger partial charge in [-0.15, -0.1) is 0 Å². The van der Waals surface area contributed by atoms with Gasteiger partial charge in [0.15, 0.2) is 0 Å². The molecule has 1 saturated carbocycles. The second-order valence-corrected chi connectivity index (χ2v) is 9.33. The number of carbonyl (C=O) groups is 1. The molecule has 1 fully saturated rings. The Morgan fingerprint density at radius 2 is 1.62 bits per heavy atom. The molecule has 1 heterocycles. The molecule has 166 valence electrons. The Bertz CT molecular complexity index is 1030. The zero-order valence-electron chi connectivity index (χ0n) is 18.8. The fraction of sp³-hybridized carbons (Fsp3) is 0.429. The lowest BCUT2D eigenvalue weighted by molar-refractivity contribution is -0.139. The first-order valence-electron chi connectivity index (χ1n) is 12.3. The molecule has 0 saturated heterocycles. The van der Waals surface area contributed by atoms with E-state index in [1.165, 1.54) is 36.8 Å². The maximum atomic E-state index is 14.0. The molecule has 1 aromatic heterocycles. The van der Waals surface area contributed by atoms with Crippen LogP contribution in [0.1, 0.15) is 74.2 Å². The van der Waals surface area contributed by atoms with Crippen molar-refractivity contribution in [3.63, 3.8) is 0 Å². The SMILES string of the molecule is O=C(C1CCCCCC1)N(Cc1ccnn1-c1ccccc1)[C@@H]1CCCc2ccccc21. The first kappa shape index (κ1) is 21.0. The van der Waals surface area contributed by atoms with Crippen LogP contribution in [0.5, 0.6) is 0 Å². The lowest BCUT2D eigenvalue weighted by Gasteiger charge is -2.38. The minimum atomic E-state index is 0.148. The highest BCUT2D eigenvalue weighted by Gasteiger charge is 2.33. The van der Waals surface area contributed by atoms with Crippen LogP contribution in [0.25, 0.3) is 5.69 Å². The zero-order valence-corrected chi connectivity index (χ0v) is 18.8. The van der Waals surface area contributed by atoms with Gasteiger partial charge >= 0.3 is 0 Å². The fourth-order valence-electron chi connectivity index (χ4n) is 5.58. The predicted molar refractivity (Wildman–Crippen MR) is 127 cm³/mol. The van der Waals surface area contributed by atoms with Crippen LogP contribution >= 0.6 is 0 Å². The van der Waals surface area contributed by atoms with E-state index in [0.717, 1.165) is 43.5 Å². The second kappa shape index (κ2) is 9.72. The molecule has 2 aromatic carbocycles. The molecule has 0 radical (unpaired) electrons. The Kier molecular flexibility index (Phi) is 6.38. The molecule has 0 bridgehead atoms. The number of carbonyl (C=O) groups excluding carboxylic acids is 1. The molecule has 32 heavy (non-hydrogen) atoms. The maximum Gasteiger partial charge on any atom is 0.226 e. The standard InChI is InChI=1S/C28H33N3O/c32-28(23-12-4-1-2-5-13-23)30(27-18-10-14-22-11-8-9-17-26(22)27)21-25-19-20-29-31(25)24-15-6-3-7-16-24/h3,6-9,11,15-17,19-20,23,27H,1-2,4-5,10,12-14,18,21H2/t27-/m1/s1. The van der Waals surface area contributed by atoms with Crippen LogP contribution in [0.15, 0.2) is 66.9 Å². The number of hydrogen-bond donors (Lipinski definition) is 0. The van der Waals surface area contributed by atoms with Crippen LogP contribution < -0.4 is 0 Å². The van der Waals surface area contributed by atoms with Crippen LogP contribution in [0.2, 0.25) is 0 Å². The highest BCUT2D eigenvalue weighted by Crippen LogP contribution is 2.37. The minimum Gasteiger partial charge on any atom is -0.330 e. The zero-order chi connectivity index (χ0) is 21.8. The summed E-state index contributed by atoms with van der Waals surface area (Å²) in [6, 6.07) is 21.2. The third kappa shape index (κ3) is 4.36. The van der Waals surface area contributed by atoms with Crippen molar-refractivity contribution in [1.29, 1.82) is 0 Å². The third-order valence-electron chi connectivity index (χ3n) is 7.26. The second-order valence-electron chi connectivity index (χ2n) is 9.33. The normalized spacial score (nSPS) is 19.2. The summed E-state index contributed by atoms with van der Waals surface area (Å²) in [7, 11) is 0. The van der Waals surface area contributed by atoms with Gasteiger partial charge in [0.2, 0.25) is 5.91 Å². The fourth-order valence-corrected chi connectivity index (χ4v) is 5.58. The average molecular weight is 428 g/mol. The molecule has 0 aliphatic heterocycles. The molecule has 2 aliphatic rings. The van der Waals surface area contributed by atoms with Crippen LogP contribution in [0.4, 0.5) is 0 Å². The van der Waals surface area contributed by atoms with Crippen LogP contribution in [-0.2, 0) is 17.8 Å². The number of hydrogen-bond acceptors (Lipinski definition) is 2. The van der Waals surface area contributed by atoms with Crippen molar-refractivity contribution in [2.45, 2.75) is 70.4 Å². The van der Waals surface area contributed by atoms with E-state index in [4.69, 9.17) is 0 Å². The summed E-state index contributed by atoms with van der Waals surface area (Å²) in [5, 5.41) is 4.59. The van der Waals surface area contributed by atoms with Crippen molar-refractivity contribution in [3.8, 4) is 5.69 Å². The molecular formula is C28H33N3O. The van der Waals surface area contributed by atoms with Gasteiger partial charge in [0.05, 0.1) is 24.0 Å².